The van der Waals surface area contributed by atoms with Crippen LogP contribution in [-0.2, 0) is 4.74 Å². The number of hydrogen-bond donors (Lipinski definition) is 1. The van der Waals surface area contributed by atoms with Crippen molar-refractivity contribution >= 4 is 0 Å². The van der Waals surface area contributed by atoms with Crippen LogP contribution in [0.3, 0.4) is 0 Å². The van der Waals surface area contributed by atoms with E-state index in [-0.39, 0.29) is 0 Å². The Hall–Kier alpha value is -0.900. The highest BCUT2D eigenvalue weighted by Gasteiger charge is 2.21. The van der Waals surface area contributed by atoms with Crippen LogP contribution in [0.5, 0.6) is 0 Å². The topological polar surface area (TPSA) is 38.5 Å². The van der Waals surface area contributed by atoms with Crippen LogP contribution >= 0.6 is 0 Å². The van der Waals surface area contributed by atoms with Gasteiger partial charge in [0.1, 0.15) is 0 Å². The van der Waals surface area contributed by atoms with Crippen molar-refractivity contribution in [2.24, 2.45) is 5.73 Å². The van der Waals surface area contributed by atoms with Crippen molar-refractivity contribution in [1.82, 2.24) is 4.90 Å². The molecule has 0 spiro atoms. The van der Waals surface area contributed by atoms with Gasteiger partial charge in [0.2, 0.25) is 0 Å². The van der Waals surface area contributed by atoms with Crippen LogP contribution in [0.4, 0.5) is 0 Å². The Balaban J connectivity index is 2.11. The average molecular weight is 248 g/mol. The first-order chi connectivity index (χ1) is 8.72. The van der Waals surface area contributed by atoms with Gasteiger partial charge in [0.05, 0.1) is 13.2 Å². The molecule has 3 nitrogen and oxygen atoms in total. The van der Waals surface area contributed by atoms with E-state index in [0.29, 0.717) is 18.5 Å². The van der Waals surface area contributed by atoms with Crippen molar-refractivity contribution in [3.05, 3.63) is 35.4 Å². The third kappa shape index (κ3) is 3.10. The summed E-state index contributed by atoms with van der Waals surface area (Å²) in [4.78, 5) is 2.42. The molecule has 1 saturated heterocycles. The van der Waals surface area contributed by atoms with Gasteiger partial charge >= 0.3 is 0 Å². The summed E-state index contributed by atoms with van der Waals surface area (Å²) in [5.41, 5.74) is 8.66. The van der Waals surface area contributed by atoms with E-state index >= 15 is 0 Å². The Morgan fingerprint density at radius 1 is 1.11 bits per heavy atom. The summed E-state index contributed by atoms with van der Waals surface area (Å²) in [6.45, 7) is 8.71. The Morgan fingerprint density at radius 3 is 2.17 bits per heavy atom. The number of ether oxygens (including phenoxy) is 1. The molecule has 0 saturated carbocycles. The van der Waals surface area contributed by atoms with E-state index in [1.165, 1.54) is 11.1 Å². The molecule has 1 aromatic rings. The molecule has 0 bridgehead atoms. The lowest BCUT2D eigenvalue weighted by Crippen LogP contribution is -2.41. The normalized spacial score (nSPS) is 19.1. The first-order valence-electron chi connectivity index (χ1n) is 6.84. The van der Waals surface area contributed by atoms with E-state index < -0.39 is 0 Å². The number of benzene rings is 1. The van der Waals surface area contributed by atoms with Crippen LogP contribution in [0.15, 0.2) is 24.3 Å². The Kier molecular flexibility index (Phi) is 4.75. The summed E-state index contributed by atoms with van der Waals surface area (Å²) in [5, 5.41) is 0. The third-order valence-electron chi connectivity index (χ3n) is 3.70. The molecule has 1 heterocycles. The minimum atomic E-state index is 0.329. The average Bonchev–Trinajstić information content (AvgIpc) is 2.41. The highest BCUT2D eigenvalue weighted by molar-refractivity contribution is 5.27. The number of rotatable bonds is 4. The smallest absolute Gasteiger partial charge is 0.0594 e. The van der Waals surface area contributed by atoms with E-state index in [0.717, 1.165) is 26.3 Å². The molecule has 1 aliphatic heterocycles. The van der Waals surface area contributed by atoms with Gasteiger partial charge in [-0.15, -0.1) is 0 Å². The van der Waals surface area contributed by atoms with Crippen LogP contribution < -0.4 is 5.73 Å². The molecule has 2 rings (SSSR count). The van der Waals surface area contributed by atoms with E-state index in [2.05, 4.69) is 43.0 Å². The molecule has 1 aromatic carbocycles. The second-order valence-corrected chi connectivity index (χ2v) is 5.22. The van der Waals surface area contributed by atoms with Crippen molar-refractivity contribution < 1.29 is 4.74 Å². The molecule has 3 heteroatoms. The molecule has 1 fully saturated rings. The molecule has 2 N–H and O–H groups in total. The van der Waals surface area contributed by atoms with Crippen molar-refractivity contribution in [3.8, 4) is 0 Å². The zero-order chi connectivity index (χ0) is 13.0. The molecule has 1 aliphatic rings. The Morgan fingerprint density at radius 2 is 1.67 bits per heavy atom. The van der Waals surface area contributed by atoms with Gasteiger partial charge in [0.15, 0.2) is 0 Å². The molecule has 0 aromatic heterocycles. The molecule has 0 amide bonds. The lowest BCUT2D eigenvalue weighted by Gasteiger charge is -2.34. The minimum absolute atomic E-state index is 0.329. The minimum Gasteiger partial charge on any atom is -0.379 e. The molecule has 100 valence electrons. The summed E-state index contributed by atoms with van der Waals surface area (Å²) in [7, 11) is 0. The number of nitrogens with two attached hydrogens (primary N) is 1. The van der Waals surface area contributed by atoms with E-state index in [9.17, 15) is 0 Å². The van der Waals surface area contributed by atoms with Crippen LogP contribution in [0.2, 0.25) is 0 Å². The van der Waals surface area contributed by atoms with Crippen molar-refractivity contribution in [2.75, 3.05) is 32.8 Å². The summed E-state index contributed by atoms with van der Waals surface area (Å²) in [5.74, 6) is 0.582. The van der Waals surface area contributed by atoms with Gasteiger partial charge in [-0.05, 0) is 17.0 Å². The Labute approximate surface area is 110 Å². The summed E-state index contributed by atoms with van der Waals surface area (Å²) in [6, 6.07) is 9.23. The van der Waals surface area contributed by atoms with E-state index in [1.807, 2.05) is 0 Å². The SMILES string of the molecule is CC(C)c1ccc([C@@H](CN)N2CCOCC2)cc1. The zero-order valence-electron chi connectivity index (χ0n) is 11.4. The molecule has 0 radical (unpaired) electrons. The predicted octanol–water partition coefficient (Wildman–Crippen LogP) is 2.14. The second-order valence-electron chi connectivity index (χ2n) is 5.22. The van der Waals surface area contributed by atoms with Gasteiger partial charge in [-0.2, -0.15) is 0 Å². The molecular weight excluding hydrogens is 224 g/mol. The highest BCUT2D eigenvalue weighted by atomic mass is 16.5. The monoisotopic (exact) mass is 248 g/mol. The maximum Gasteiger partial charge on any atom is 0.0594 e. The number of morpholine rings is 1. The fourth-order valence-corrected chi connectivity index (χ4v) is 2.49. The molecule has 0 aliphatic carbocycles. The lowest BCUT2D eigenvalue weighted by atomic mass is 9.98. The molecule has 18 heavy (non-hydrogen) atoms. The van der Waals surface area contributed by atoms with Crippen LogP contribution in [-0.4, -0.2) is 37.7 Å². The van der Waals surface area contributed by atoms with Gasteiger partial charge < -0.3 is 10.5 Å². The first kappa shape index (κ1) is 13.5. The highest BCUT2D eigenvalue weighted by Crippen LogP contribution is 2.23. The molecule has 1 atom stereocenters. The summed E-state index contributed by atoms with van der Waals surface area (Å²) >= 11 is 0. The van der Waals surface area contributed by atoms with Gasteiger partial charge in [0.25, 0.3) is 0 Å². The summed E-state index contributed by atoms with van der Waals surface area (Å²) < 4.78 is 5.40. The van der Waals surface area contributed by atoms with E-state index in [1.54, 1.807) is 0 Å². The maximum atomic E-state index is 5.95. The van der Waals surface area contributed by atoms with Gasteiger partial charge in [-0.25, -0.2) is 0 Å². The first-order valence-corrected chi connectivity index (χ1v) is 6.84. The van der Waals surface area contributed by atoms with Gasteiger partial charge in [0, 0.05) is 25.7 Å². The zero-order valence-corrected chi connectivity index (χ0v) is 11.4. The summed E-state index contributed by atoms with van der Waals surface area (Å²) in [6.07, 6.45) is 0. The standard InChI is InChI=1S/C15H24N2O/c1-12(2)13-3-5-14(6-4-13)15(11-16)17-7-9-18-10-8-17/h3-6,12,15H,7-11,16H2,1-2H3/t15-/m1/s1. The predicted molar refractivity (Wildman–Crippen MR) is 74.7 cm³/mol. The number of hydrogen-bond acceptors (Lipinski definition) is 3. The fraction of sp³-hybridized carbons (Fsp3) is 0.600. The fourth-order valence-electron chi connectivity index (χ4n) is 2.49. The van der Waals surface area contributed by atoms with Crippen molar-refractivity contribution in [1.29, 1.82) is 0 Å². The molecule has 0 unspecified atom stereocenters. The largest absolute Gasteiger partial charge is 0.379 e. The van der Waals surface area contributed by atoms with Gasteiger partial charge in [-0.3, -0.25) is 4.90 Å². The van der Waals surface area contributed by atoms with Gasteiger partial charge in [-0.1, -0.05) is 38.1 Å². The second kappa shape index (κ2) is 6.32. The van der Waals surface area contributed by atoms with Crippen LogP contribution in [0.25, 0.3) is 0 Å². The van der Waals surface area contributed by atoms with Crippen molar-refractivity contribution in [2.45, 2.75) is 25.8 Å². The Bertz CT molecular complexity index is 355. The molecular formula is C15H24N2O. The van der Waals surface area contributed by atoms with Crippen LogP contribution in [0.1, 0.15) is 36.9 Å². The lowest BCUT2D eigenvalue weighted by molar-refractivity contribution is 0.0179. The number of nitrogens with zero attached hydrogens (tertiary/aromatic N) is 1. The van der Waals surface area contributed by atoms with Crippen molar-refractivity contribution in [3.63, 3.8) is 0 Å². The van der Waals surface area contributed by atoms with E-state index in [4.69, 9.17) is 10.5 Å². The van der Waals surface area contributed by atoms with Crippen LogP contribution in [0, 0.1) is 0 Å². The maximum absolute atomic E-state index is 5.95. The quantitative estimate of drug-likeness (QED) is 0.887. The third-order valence-corrected chi connectivity index (χ3v) is 3.70.